The smallest absolute Gasteiger partial charge is 0.504 e. The van der Waals surface area contributed by atoms with Gasteiger partial charge in [-0.1, -0.05) is 18.2 Å². The van der Waals surface area contributed by atoms with Gasteiger partial charge in [-0.3, -0.25) is 0 Å². The minimum atomic E-state index is -4.80. The maximum atomic E-state index is 11.9. The molecule has 0 heterocycles. The molecule has 0 amide bonds. The van der Waals surface area contributed by atoms with E-state index < -0.39 is 17.9 Å². The fraction of sp³-hybridized carbons (Fsp3) is 0.200. The zero-order chi connectivity index (χ0) is 11.5. The Bertz CT molecular complexity index is 358. The standard InChI is InChI=1S/C10H9F3O2/c1-2-4-7-5-3-6-8(9(7)14)15-10(11,12)13/h2-3,5-6,14H,1,4H2. The van der Waals surface area contributed by atoms with Gasteiger partial charge in [0.15, 0.2) is 11.5 Å². The van der Waals surface area contributed by atoms with Crippen molar-refractivity contribution in [2.45, 2.75) is 12.8 Å². The number of para-hydroxylation sites is 1. The summed E-state index contributed by atoms with van der Waals surface area (Å²) in [5, 5.41) is 9.41. The van der Waals surface area contributed by atoms with Crippen molar-refractivity contribution in [3.63, 3.8) is 0 Å². The molecule has 0 aliphatic rings. The topological polar surface area (TPSA) is 29.5 Å². The minimum Gasteiger partial charge on any atom is -0.504 e. The Hall–Kier alpha value is -1.65. The molecule has 1 aromatic rings. The maximum absolute atomic E-state index is 11.9. The second kappa shape index (κ2) is 4.25. The average molecular weight is 218 g/mol. The molecule has 0 saturated heterocycles. The van der Waals surface area contributed by atoms with Crippen LogP contribution in [0, 0.1) is 0 Å². The summed E-state index contributed by atoms with van der Waals surface area (Å²) in [7, 11) is 0. The number of allylic oxidation sites excluding steroid dienone is 1. The van der Waals surface area contributed by atoms with Crippen molar-refractivity contribution in [2.24, 2.45) is 0 Å². The highest BCUT2D eigenvalue weighted by Gasteiger charge is 2.32. The van der Waals surface area contributed by atoms with Crippen molar-refractivity contribution >= 4 is 0 Å². The molecule has 0 atom stereocenters. The number of hydrogen-bond acceptors (Lipinski definition) is 2. The lowest BCUT2D eigenvalue weighted by molar-refractivity contribution is -0.275. The van der Waals surface area contributed by atoms with Crippen molar-refractivity contribution in [2.75, 3.05) is 0 Å². The van der Waals surface area contributed by atoms with Gasteiger partial charge in [0.05, 0.1) is 0 Å². The highest BCUT2D eigenvalue weighted by Crippen LogP contribution is 2.34. The molecule has 1 N–H and O–H groups in total. The molecule has 0 fully saturated rings. The van der Waals surface area contributed by atoms with Gasteiger partial charge in [0.25, 0.3) is 0 Å². The van der Waals surface area contributed by atoms with E-state index in [0.717, 1.165) is 6.07 Å². The van der Waals surface area contributed by atoms with Crippen LogP contribution in [0.5, 0.6) is 11.5 Å². The molecule has 15 heavy (non-hydrogen) atoms. The molecule has 5 heteroatoms. The zero-order valence-electron chi connectivity index (χ0n) is 7.71. The quantitative estimate of drug-likeness (QED) is 0.790. The van der Waals surface area contributed by atoms with Gasteiger partial charge in [0.2, 0.25) is 0 Å². The normalized spacial score (nSPS) is 11.1. The largest absolute Gasteiger partial charge is 0.573 e. The number of rotatable bonds is 3. The molecule has 0 aliphatic carbocycles. The summed E-state index contributed by atoms with van der Waals surface area (Å²) in [4.78, 5) is 0. The predicted octanol–water partition coefficient (Wildman–Crippen LogP) is 3.02. The molecule has 0 aromatic heterocycles. The SMILES string of the molecule is C=CCc1cccc(OC(F)(F)F)c1O. The molecule has 1 aromatic carbocycles. The lowest BCUT2D eigenvalue weighted by atomic mass is 10.1. The van der Waals surface area contributed by atoms with E-state index >= 15 is 0 Å². The Morgan fingerprint density at radius 3 is 2.60 bits per heavy atom. The van der Waals surface area contributed by atoms with Gasteiger partial charge in [-0.2, -0.15) is 0 Å². The third-order valence-corrected chi connectivity index (χ3v) is 1.67. The van der Waals surface area contributed by atoms with E-state index in [9.17, 15) is 18.3 Å². The highest BCUT2D eigenvalue weighted by molar-refractivity contribution is 5.46. The van der Waals surface area contributed by atoms with Crippen molar-refractivity contribution < 1.29 is 23.0 Å². The van der Waals surface area contributed by atoms with Crippen LogP contribution < -0.4 is 4.74 Å². The summed E-state index contributed by atoms with van der Waals surface area (Å²) >= 11 is 0. The van der Waals surface area contributed by atoms with Crippen LogP contribution in [0.4, 0.5) is 13.2 Å². The molecular weight excluding hydrogens is 209 g/mol. The highest BCUT2D eigenvalue weighted by atomic mass is 19.4. The number of benzene rings is 1. The summed E-state index contributed by atoms with van der Waals surface area (Å²) in [6, 6.07) is 3.93. The zero-order valence-corrected chi connectivity index (χ0v) is 7.71. The van der Waals surface area contributed by atoms with Crippen LogP contribution in [-0.4, -0.2) is 11.5 Å². The second-order valence-corrected chi connectivity index (χ2v) is 2.80. The van der Waals surface area contributed by atoms with Crippen molar-refractivity contribution in [1.82, 2.24) is 0 Å². The number of phenolic OH excluding ortho intramolecular Hbond substituents is 1. The van der Waals surface area contributed by atoms with Crippen molar-refractivity contribution in [3.05, 3.63) is 36.4 Å². The van der Waals surface area contributed by atoms with Gasteiger partial charge < -0.3 is 9.84 Å². The van der Waals surface area contributed by atoms with Crippen LogP contribution in [0.2, 0.25) is 0 Å². The van der Waals surface area contributed by atoms with E-state index in [1.165, 1.54) is 18.2 Å². The third kappa shape index (κ3) is 3.19. The molecule has 0 spiro atoms. The molecule has 0 bridgehead atoms. The van der Waals surface area contributed by atoms with Crippen LogP contribution >= 0.6 is 0 Å². The summed E-state index contributed by atoms with van der Waals surface area (Å²) in [6.45, 7) is 3.43. The second-order valence-electron chi connectivity index (χ2n) is 2.80. The molecular formula is C10H9F3O2. The van der Waals surface area contributed by atoms with Gasteiger partial charge in [-0.15, -0.1) is 19.8 Å². The van der Waals surface area contributed by atoms with Crippen LogP contribution in [0.25, 0.3) is 0 Å². The first kappa shape index (κ1) is 11.4. The number of halogens is 3. The summed E-state index contributed by atoms with van der Waals surface area (Å²) in [5.41, 5.74) is 0.340. The summed E-state index contributed by atoms with van der Waals surface area (Å²) < 4.78 is 39.3. The first-order valence-corrected chi connectivity index (χ1v) is 4.11. The first-order valence-electron chi connectivity index (χ1n) is 4.11. The average Bonchev–Trinajstić information content (AvgIpc) is 2.10. The lowest BCUT2D eigenvalue weighted by Gasteiger charge is -2.11. The van der Waals surface area contributed by atoms with Crippen molar-refractivity contribution in [3.8, 4) is 11.5 Å². The Balaban J connectivity index is 2.99. The van der Waals surface area contributed by atoms with E-state index in [-0.39, 0.29) is 6.42 Å². The van der Waals surface area contributed by atoms with E-state index in [1.807, 2.05) is 0 Å². The number of alkyl halides is 3. The number of phenols is 1. The number of ether oxygens (including phenoxy) is 1. The van der Waals surface area contributed by atoms with Crippen LogP contribution in [0.15, 0.2) is 30.9 Å². The molecule has 0 saturated carbocycles. The Kier molecular flexibility index (Phi) is 3.24. The third-order valence-electron chi connectivity index (χ3n) is 1.67. The van der Waals surface area contributed by atoms with Gasteiger partial charge >= 0.3 is 6.36 Å². The van der Waals surface area contributed by atoms with Crippen LogP contribution in [-0.2, 0) is 6.42 Å². The van der Waals surface area contributed by atoms with Crippen LogP contribution in [0.1, 0.15) is 5.56 Å². The molecule has 82 valence electrons. The Labute approximate surface area is 84.6 Å². The number of hydrogen-bond donors (Lipinski definition) is 1. The minimum absolute atomic E-state index is 0.279. The summed E-state index contributed by atoms with van der Waals surface area (Å²) in [6.07, 6.45) is -3.04. The van der Waals surface area contributed by atoms with Gasteiger partial charge in [0.1, 0.15) is 0 Å². The van der Waals surface area contributed by atoms with E-state index in [0.29, 0.717) is 5.56 Å². The fourth-order valence-electron chi connectivity index (χ4n) is 1.10. The predicted molar refractivity (Wildman–Crippen MR) is 48.7 cm³/mol. The Morgan fingerprint density at radius 2 is 2.07 bits per heavy atom. The lowest BCUT2D eigenvalue weighted by Crippen LogP contribution is -2.17. The van der Waals surface area contributed by atoms with E-state index in [2.05, 4.69) is 11.3 Å². The van der Waals surface area contributed by atoms with Gasteiger partial charge in [-0.05, 0) is 12.5 Å². The van der Waals surface area contributed by atoms with Crippen LogP contribution in [0.3, 0.4) is 0 Å². The molecule has 1 rings (SSSR count). The Morgan fingerprint density at radius 1 is 1.40 bits per heavy atom. The molecule has 2 nitrogen and oxygen atoms in total. The van der Waals surface area contributed by atoms with E-state index in [4.69, 9.17) is 0 Å². The fourth-order valence-corrected chi connectivity index (χ4v) is 1.10. The molecule has 0 unspecified atom stereocenters. The number of aromatic hydroxyl groups is 1. The first-order chi connectivity index (χ1) is 6.94. The monoisotopic (exact) mass is 218 g/mol. The van der Waals surface area contributed by atoms with E-state index in [1.54, 1.807) is 0 Å². The molecule has 0 aliphatic heterocycles. The van der Waals surface area contributed by atoms with Gasteiger partial charge in [0, 0.05) is 5.56 Å². The maximum Gasteiger partial charge on any atom is 0.573 e. The van der Waals surface area contributed by atoms with Crippen molar-refractivity contribution in [1.29, 1.82) is 0 Å². The van der Waals surface area contributed by atoms with Gasteiger partial charge in [-0.25, -0.2) is 0 Å². The summed E-state index contributed by atoms with van der Waals surface area (Å²) in [5.74, 6) is -1.10. The molecule has 0 radical (unpaired) electrons.